The molecule has 0 radical (unpaired) electrons. The van der Waals surface area contributed by atoms with Gasteiger partial charge in [-0.3, -0.25) is 43.6 Å². The lowest BCUT2D eigenvalue weighted by Gasteiger charge is -2.42. The van der Waals surface area contributed by atoms with Gasteiger partial charge in [0.2, 0.25) is 11.8 Å². The van der Waals surface area contributed by atoms with Gasteiger partial charge in [0.1, 0.15) is 25.4 Å². The number of aliphatic hydroxyl groups is 1. The first-order valence-corrected chi connectivity index (χ1v) is 35.6. The normalized spacial score (nSPS) is 16.6. The van der Waals surface area contributed by atoms with Crippen LogP contribution in [0.25, 0.3) is 0 Å². The molecule has 16 heteroatoms. The Hall–Kier alpha value is -5.71. The van der Waals surface area contributed by atoms with Crippen molar-refractivity contribution in [3.8, 4) is 0 Å². The molecule has 2 aliphatic rings. The maximum atomic E-state index is 14.8. The molecule has 5 rings (SSSR count). The highest BCUT2D eigenvalue weighted by Gasteiger charge is 2.39. The second-order valence-corrected chi connectivity index (χ2v) is 27.0. The number of hydrogen-bond acceptors (Lipinski definition) is 14. The van der Waals surface area contributed by atoms with Crippen LogP contribution in [-0.2, 0) is 67.1 Å². The van der Waals surface area contributed by atoms with E-state index in [-0.39, 0.29) is 63.7 Å². The van der Waals surface area contributed by atoms with Crippen LogP contribution < -0.4 is 10.6 Å². The minimum absolute atomic E-state index is 0.101. The van der Waals surface area contributed by atoms with E-state index in [9.17, 15) is 33.9 Å². The maximum absolute atomic E-state index is 14.8. The van der Waals surface area contributed by atoms with E-state index in [1.807, 2.05) is 98.6 Å². The van der Waals surface area contributed by atoms with E-state index in [4.69, 9.17) is 18.9 Å². The van der Waals surface area contributed by atoms with E-state index in [0.717, 1.165) is 60.8 Å². The van der Waals surface area contributed by atoms with Crippen molar-refractivity contribution in [2.75, 3.05) is 39.4 Å². The Bertz CT molecular complexity index is 2460. The van der Waals surface area contributed by atoms with Crippen molar-refractivity contribution in [1.82, 2.24) is 25.4 Å². The number of unbranched alkanes of at least 4 members (excludes halogenated alkanes) is 24. The van der Waals surface area contributed by atoms with Crippen LogP contribution in [0.3, 0.4) is 0 Å². The molecule has 0 unspecified atom stereocenters. The first-order valence-electron chi connectivity index (χ1n) is 35.6. The van der Waals surface area contributed by atoms with Crippen LogP contribution in [0.15, 0.2) is 79.1 Å². The number of fused-ring (bicyclic) bond motifs is 1. The molecule has 1 fully saturated rings. The fourth-order valence-electron chi connectivity index (χ4n) is 12.5. The number of aliphatic hydroxyl groups excluding tert-OH is 1. The monoisotopic (exact) mass is 1260 g/mol. The third-order valence-corrected chi connectivity index (χ3v) is 17.6. The van der Waals surface area contributed by atoms with Gasteiger partial charge in [-0.2, -0.15) is 0 Å². The van der Waals surface area contributed by atoms with Gasteiger partial charge in [-0.1, -0.05) is 229 Å². The molecule has 3 N–H and O–H groups in total. The van der Waals surface area contributed by atoms with Gasteiger partial charge in [-0.25, -0.2) is 0 Å². The third kappa shape index (κ3) is 32.6. The molecular weight excluding hydrogens is 1150 g/mol. The molecule has 508 valence electrons. The fourth-order valence-corrected chi connectivity index (χ4v) is 12.5. The number of aromatic nitrogens is 1. The standard InChI is InChI=1S/C75H117N5O11/c1-6-8-10-12-14-16-18-20-22-24-26-28-33-43-68(82)88-57-64(58-89-69(83)44-34-29-27-25-23-21-19-17-15-13-11-9-7-2)90-70(84)45-46-71(85)91-67-52-61-41-35-36-42-65(61)72(67)77-73(86)62(50-59-38-31-30-32-39-59)51-63(81)55-80-49-48-79(54-60-40-37-47-76-53-60)56-66(80)74(87)78-75(3,4)5/h30-32,35-42,47,53,62-64,66-67,72,81H,6-29,33-34,43-46,48-52,54-58H2,1-5H3,(H,77,86)(H,78,87)/t62-,63+,66+,67-,72+/m1/s1. The molecule has 0 spiro atoms. The lowest BCUT2D eigenvalue weighted by Crippen LogP contribution is -2.61. The molecular formula is C75H117N5O11. The van der Waals surface area contributed by atoms with Gasteiger partial charge in [-0.15, -0.1) is 0 Å². The summed E-state index contributed by atoms with van der Waals surface area (Å²) < 4.78 is 23.1. The van der Waals surface area contributed by atoms with Crippen molar-refractivity contribution in [2.45, 2.75) is 289 Å². The number of carbonyl (C=O) groups excluding carboxylic acids is 6. The quantitative estimate of drug-likeness (QED) is 0.0274. The predicted molar refractivity (Wildman–Crippen MR) is 360 cm³/mol. The summed E-state index contributed by atoms with van der Waals surface area (Å²) in [5, 5.41) is 18.3. The summed E-state index contributed by atoms with van der Waals surface area (Å²) in [5.41, 5.74) is 3.20. The molecule has 2 heterocycles. The van der Waals surface area contributed by atoms with Crippen LogP contribution in [0.1, 0.15) is 262 Å². The lowest BCUT2D eigenvalue weighted by molar-refractivity contribution is -0.168. The Labute approximate surface area is 547 Å². The van der Waals surface area contributed by atoms with Crippen LogP contribution >= 0.6 is 0 Å². The molecule has 16 nitrogen and oxygen atoms in total. The van der Waals surface area contributed by atoms with Gasteiger partial charge in [0.25, 0.3) is 0 Å². The van der Waals surface area contributed by atoms with Crippen LogP contribution in [0, 0.1) is 5.92 Å². The Morgan fingerprint density at radius 2 is 1.12 bits per heavy atom. The zero-order valence-electron chi connectivity index (χ0n) is 56.6. The van der Waals surface area contributed by atoms with E-state index < -0.39 is 65.7 Å². The number of nitrogens with zero attached hydrogens (tertiary/aromatic N) is 3. The highest BCUT2D eigenvalue weighted by atomic mass is 16.6. The van der Waals surface area contributed by atoms with Gasteiger partial charge >= 0.3 is 23.9 Å². The first kappa shape index (κ1) is 76.0. The van der Waals surface area contributed by atoms with Gasteiger partial charge < -0.3 is 34.7 Å². The second-order valence-electron chi connectivity index (χ2n) is 27.0. The minimum Gasteiger partial charge on any atom is -0.462 e. The van der Waals surface area contributed by atoms with Crippen molar-refractivity contribution in [2.24, 2.45) is 5.92 Å². The van der Waals surface area contributed by atoms with E-state index in [1.165, 1.54) is 116 Å². The zero-order chi connectivity index (χ0) is 65.3. The van der Waals surface area contributed by atoms with E-state index >= 15 is 0 Å². The molecule has 1 aliphatic heterocycles. The van der Waals surface area contributed by atoms with Gasteiger partial charge in [0.05, 0.1) is 25.0 Å². The van der Waals surface area contributed by atoms with Crippen LogP contribution in [0.4, 0.5) is 0 Å². The number of hydrogen-bond donors (Lipinski definition) is 3. The SMILES string of the molecule is CCCCCCCCCCCCCCCC(=O)OCC(COC(=O)CCCCCCCCCCCCCCC)OC(=O)CCC(=O)O[C@@H]1Cc2ccccc2[C@@H]1NC(=O)[C@H](Cc1ccccc1)C[C@H](O)CN1CCN(Cc2cccnc2)C[C@H]1C(=O)NC(C)(C)C. The number of carbonyl (C=O) groups is 6. The average molecular weight is 1260 g/mol. The summed E-state index contributed by atoms with van der Waals surface area (Å²) in [6.45, 7) is 12.2. The van der Waals surface area contributed by atoms with Crippen LogP contribution in [0.2, 0.25) is 0 Å². The summed E-state index contributed by atoms with van der Waals surface area (Å²) >= 11 is 0. The predicted octanol–water partition coefficient (Wildman–Crippen LogP) is 14.2. The number of esters is 4. The zero-order valence-corrected chi connectivity index (χ0v) is 56.6. The van der Waals surface area contributed by atoms with Gasteiger partial charge in [-0.05, 0) is 74.8 Å². The first-order chi connectivity index (χ1) is 44.1. The van der Waals surface area contributed by atoms with Gasteiger partial charge in [0, 0.05) is 75.8 Å². The van der Waals surface area contributed by atoms with Crippen molar-refractivity contribution in [1.29, 1.82) is 0 Å². The Kier molecular flexibility index (Phi) is 37.4. The van der Waals surface area contributed by atoms with E-state index in [0.29, 0.717) is 51.9 Å². The molecule has 3 aromatic rings. The minimum atomic E-state index is -1.07. The number of ether oxygens (including phenoxy) is 4. The number of piperazine rings is 1. The summed E-state index contributed by atoms with van der Waals surface area (Å²) in [6, 6.07) is 19.9. The smallest absolute Gasteiger partial charge is 0.306 e. The van der Waals surface area contributed by atoms with Gasteiger partial charge in [0.15, 0.2) is 6.10 Å². The number of β-amino-alcohol motifs (C(OH)–C–C–N with tert-alkyl or cyclic N) is 1. The molecule has 1 saturated heterocycles. The summed E-state index contributed by atoms with van der Waals surface area (Å²) in [5.74, 6) is -3.38. The Morgan fingerprint density at radius 1 is 0.604 bits per heavy atom. The Morgan fingerprint density at radius 3 is 1.66 bits per heavy atom. The third-order valence-electron chi connectivity index (χ3n) is 17.6. The second kappa shape index (κ2) is 44.8. The molecule has 2 aromatic carbocycles. The molecule has 1 aromatic heterocycles. The average Bonchev–Trinajstić information content (AvgIpc) is 1.91. The molecule has 0 saturated carbocycles. The number of pyridine rings is 1. The topological polar surface area (TPSA) is 203 Å². The lowest BCUT2D eigenvalue weighted by atomic mass is 9.91. The molecule has 0 bridgehead atoms. The number of benzene rings is 2. The summed E-state index contributed by atoms with van der Waals surface area (Å²) in [6.07, 6.45) is 32.2. The molecule has 1 aliphatic carbocycles. The maximum Gasteiger partial charge on any atom is 0.306 e. The number of amides is 2. The van der Waals surface area contributed by atoms with Crippen molar-refractivity contribution >= 4 is 35.7 Å². The molecule has 91 heavy (non-hydrogen) atoms. The Balaban J connectivity index is 1.14. The molecule has 2 amide bonds. The highest BCUT2D eigenvalue weighted by Crippen LogP contribution is 2.35. The van der Waals surface area contributed by atoms with E-state index in [2.05, 4.69) is 34.4 Å². The van der Waals surface area contributed by atoms with Crippen LogP contribution in [0.5, 0.6) is 0 Å². The van der Waals surface area contributed by atoms with Crippen molar-refractivity contribution in [3.63, 3.8) is 0 Å². The van der Waals surface area contributed by atoms with Crippen molar-refractivity contribution in [3.05, 3.63) is 101 Å². The molecule has 5 atom stereocenters. The number of nitrogens with one attached hydrogen (secondary N) is 2. The van der Waals surface area contributed by atoms with Crippen LogP contribution in [-0.4, -0.2) is 125 Å². The summed E-state index contributed by atoms with van der Waals surface area (Å²) in [4.78, 5) is 90.4. The van der Waals surface area contributed by atoms with Crippen molar-refractivity contribution < 1.29 is 52.8 Å². The van der Waals surface area contributed by atoms with E-state index in [1.54, 1.807) is 6.20 Å². The largest absolute Gasteiger partial charge is 0.462 e. The summed E-state index contributed by atoms with van der Waals surface area (Å²) in [7, 11) is 0. The number of rotatable bonds is 48. The highest BCUT2D eigenvalue weighted by molar-refractivity contribution is 5.83. The fraction of sp³-hybridized carbons (Fsp3) is 0.693.